The number of carbonyl (C=O) groups excluding carboxylic acids is 4. The lowest BCUT2D eigenvalue weighted by molar-refractivity contribution is -0.241. The first kappa shape index (κ1) is 37.7. The van der Waals surface area contributed by atoms with Crippen molar-refractivity contribution in [3.8, 4) is 11.8 Å². The minimum Gasteiger partial charge on any atom is -0.460 e. The second kappa shape index (κ2) is 15.6. The number of ether oxygens (including phenoxy) is 2. The number of hydrogen-bond donors (Lipinski definition) is 3. The van der Waals surface area contributed by atoms with Crippen LogP contribution in [0.25, 0.3) is 11.0 Å². The summed E-state index contributed by atoms with van der Waals surface area (Å²) < 4.78 is 53.2. The van der Waals surface area contributed by atoms with Crippen molar-refractivity contribution in [2.45, 2.75) is 56.6 Å². The summed E-state index contributed by atoms with van der Waals surface area (Å²) in [4.78, 5) is 55.7. The Morgan fingerprint density at radius 3 is 2.50 bits per heavy atom. The second-order valence-electron chi connectivity index (χ2n) is 11.7. The summed E-state index contributed by atoms with van der Waals surface area (Å²) >= 11 is 0. The van der Waals surface area contributed by atoms with E-state index < -0.39 is 49.0 Å². The average molecular weight is 706 g/mol. The van der Waals surface area contributed by atoms with Gasteiger partial charge >= 0.3 is 18.4 Å². The summed E-state index contributed by atoms with van der Waals surface area (Å²) in [6.45, 7) is 2.52. The summed E-state index contributed by atoms with van der Waals surface area (Å²) in [7, 11) is 3.04. The summed E-state index contributed by atoms with van der Waals surface area (Å²) in [5.41, 5.74) is -1.24. The van der Waals surface area contributed by atoms with Crippen molar-refractivity contribution >= 4 is 40.6 Å². The number of carbonyl (C=O) groups is 2. The van der Waals surface area contributed by atoms with E-state index in [2.05, 4.69) is 9.97 Å². The van der Waals surface area contributed by atoms with Gasteiger partial charge in [0.1, 0.15) is 42.6 Å². The van der Waals surface area contributed by atoms with E-state index in [9.17, 15) is 38.1 Å². The number of likely N-dealkylation sites (N-methyl/N-ethyl adjacent to an activating group) is 1. The maximum absolute atomic E-state index is 13.9. The fraction of sp³-hybridized carbons (Fsp3) is 0.484. The highest BCUT2D eigenvalue weighted by atomic mass is 19.4. The first-order chi connectivity index (χ1) is 23.6. The standard InChI is InChI=1S/C30H34F3N7O7.CO2/c1-16-7-10-39(23(42)6-9-34)13-20(16)37(2)26-18-8-11-40(27(18)36-15-35-26)29(45)38(3)19-12-17(30(31,32)33)4-5-22(19)47-28-25(44)24(43)21(41)14-46-28;2-1-3/h4-5,8,11-12,15-16,20-21,24-25,28,41,43-44H,6-7,10,13-14H2,1-3H3;/t16-,20?,21-,24+,25-,28+;/m1./s1. The highest BCUT2D eigenvalue weighted by Gasteiger charge is 2.40. The zero-order valence-corrected chi connectivity index (χ0v) is 27.0. The number of aliphatic hydroxyl groups is 3. The van der Waals surface area contributed by atoms with Crippen LogP contribution < -0.4 is 14.5 Å². The van der Waals surface area contributed by atoms with Crippen molar-refractivity contribution in [1.29, 1.82) is 5.26 Å². The number of halogens is 3. The summed E-state index contributed by atoms with van der Waals surface area (Å²) in [5, 5.41) is 39.6. The van der Waals surface area contributed by atoms with Crippen LogP contribution in [0.2, 0.25) is 0 Å². The van der Waals surface area contributed by atoms with Crippen LogP contribution >= 0.6 is 0 Å². The molecule has 2 fully saturated rings. The Morgan fingerprint density at radius 1 is 1.14 bits per heavy atom. The molecule has 3 N–H and O–H groups in total. The smallest absolute Gasteiger partial charge is 0.416 e. The third-order valence-electron chi connectivity index (χ3n) is 8.63. The molecule has 2 aliphatic heterocycles. The molecule has 0 aliphatic carbocycles. The van der Waals surface area contributed by atoms with Crippen LogP contribution in [-0.2, 0) is 25.3 Å². The number of anilines is 2. The summed E-state index contributed by atoms with van der Waals surface area (Å²) in [6, 6.07) is 4.91. The molecule has 16 nitrogen and oxygen atoms in total. The number of benzene rings is 1. The minimum absolute atomic E-state index is 0.154. The molecule has 0 saturated carbocycles. The van der Waals surface area contributed by atoms with Gasteiger partial charge in [-0.2, -0.15) is 28.0 Å². The number of likely N-dealkylation sites (tertiary alicyclic amines) is 1. The summed E-state index contributed by atoms with van der Waals surface area (Å²) in [5.74, 6) is 0.0840. The molecule has 0 radical (unpaired) electrons. The molecule has 6 atom stereocenters. The SMILES string of the molecule is C[C@@H]1CCN(C(=O)CC#N)CC1N(C)c1ncnc2c1ccn2C(=O)N(C)c1cc(C(F)(F)F)ccc1O[C@@H]1OC[C@@H](O)[C@H](O)[C@H]1O.O=C=O. The largest absolute Gasteiger partial charge is 0.460 e. The molecule has 1 aromatic carbocycles. The lowest BCUT2D eigenvalue weighted by atomic mass is 9.92. The van der Waals surface area contributed by atoms with Crippen molar-refractivity contribution in [2.24, 2.45) is 5.92 Å². The molecule has 1 unspecified atom stereocenters. The van der Waals surface area contributed by atoms with Crippen LogP contribution in [0.5, 0.6) is 5.75 Å². The number of fused-ring (bicyclic) bond motifs is 1. The van der Waals surface area contributed by atoms with Crippen LogP contribution in [0, 0.1) is 17.2 Å². The Hall–Kier alpha value is -5.12. The molecule has 19 heteroatoms. The Labute approximate surface area is 282 Å². The molecule has 4 heterocycles. The van der Waals surface area contributed by atoms with Crippen LogP contribution in [0.3, 0.4) is 0 Å². The number of piperidine rings is 1. The van der Waals surface area contributed by atoms with E-state index in [0.29, 0.717) is 36.8 Å². The number of aliphatic hydroxyl groups excluding tert-OH is 3. The van der Waals surface area contributed by atoms with Gasteiger partial charge in [0.2, 0.25) is 12.2 Å². The minimum atomic E-state index is -4.77. The molecule has 2 amide bonds. The van der Waals surface area contributed by atoms with E-state index in [0.717, 1.165) is 21.6 Å². The third kappa shape index (κ3) is 7.85. The van der Waals surface area contributed by atoms with Crippen molar-refractivity contribution < 1.29 is 57.1 Å². The fourth-order valence-corrected chi connectivity index (χ4v) is 5.82. The van der Waals surface area contributed by atoms with Gasteiger partial charge in [0.05, 0.1) is 35.4 Å². The van der Waals surface area contributed by atoms with Gasteiger partial charge in [-0.05, 0) is 36.6 Å². The van der Waals surface area contributed by atoms with Crippen molar-refractivity contribution in [3.63, 3.8) is 0 Å². The van der Waals surface area contributed by atoms with Gasteiger partial charge in [0.25, 0.3) is 0 Å². The number of rotatable bonds is 6. The van der Waals surface area contributed by atoms with Crippen LogP contribution in [0.4, 0.5) is 29.5 Å². The van der Waals surface area contributed by atoms with Gasteiger partial charge in [-0.3, -0.25) is 14.3 Å². The predicted molar refractivity (Wildman–Crippen MR) is 164 cm³/mol. The number of alkyl halides is 3. The molecule has 268 valence electrons. The second-order valence-corrected chi connectivity index (χ2v) is 11.7. The van der Waals surface area contributed by atoms with Gasteiger partial charge < -0.3 is 34.6 Å². The third-order valence-corrected chi connectivity index (χ3v) is 8.63. The molecule has 0 spiro atoms. The van der Waals surface area contributed by atoms with E-state index in [-0.39, 0.29) is 47.5 Å². The highest BCUT2D eigenvalue weighted by Crippen LogP contribution is 2.38. The normalized spacial score (nSPS) is 23.6. The number of nitriles is 1. The van der Waals surface area contributed by atoms with Crippen molar-refractivity contribution in [2.75, 3.05) is 43.6 Å². The molecule has 3 aromatic rings. The van der Waals surface area contributed by atoms with E-state index in [1.165, 1.54) is 19.6 Å². The lowest BCUT2D eigenvalue weighted by Crippen LogP contribution is -2.54. The maximum atomic E-state index is 13.9. The van der Waals surface area contributed by atoms with Gasteiger partial charge in [-0.1, -0.05) is 6.92 Å². The van der Waals surface area contributed by atoms with Crippen LogP contribution in [0.1, 0.15) is 25.3 Å². The molecule has 50 heavy (non-hydrogen) atoms. The average Bonchev–Trinajstić information content (AvgIpc) is 3.52. The zero-order chi connectivity index (χ0) is 36.9. The fourth-order valence-electron chi connectivity index (χ4n) is 5.82. The predicted octanol–water partition coefficient (Wildman–Crippen LogP) is 1.38. The maximum Gasteiger partial charge on any atom is 0.416 e. The van der Waals surface area contributed by atoms with Crippen LogP contribution in [-0.4, -0.2) is 117 Å². The molecular formula is C31H34F3N7O9. The Balaban J connectivity index is 0.00000181. The van der Waals surface area contributed by atoms with E-state index in [1.807, 2.05) is 17.9 Å². The van der Waals surface area contributed by atoms with E-state index >= 15 is 0 Å². The molecule has 2 saturated heterocycles. The zero-order valence-electron chi connectivity index (χ0n) is 27.0. The number of nitrogens with zero attached hydrogens (tertiary/aromatic N) is 7. The van der Waals surface area contributed by atoms with Crippen molar-refractivity contribution in [3.05, 3.63) is 42.4 Å². The Bertz CT molecular complexity index is 1780. The van der Waals surface area contributed by atoms with E-state index in [1.54, 1.807) is 18.0 Å². The number of hydrogen-bond acceptors (Lipinski definition) is 13. The Morgan fingerprint density at radius 2 is 1.84 bits per heavy atom. The summed E-state index contributed by atoms with van der Waals surface area (Å²) in [6.07, 6.45) is -7.71. The molecule has 0 bridgehead atoms. The lowest BCUT2D eigenvalue weighted by Gasteiger charge is -2.42. The molecule has 5 rings (SSSR count). The number of amides is 2. The van der Waals surface area contributed by atoms with Gasteiger partial charge in [-0.15, -0.1) is 0 Å². The van der Waals surface area contributed by atoms with Gasteiger partial charge in [-0.25, -0.2) is 14.8 Å². The molecular weight excluding hydrogens is 671 g/mol. The van der Waals surface area contributed by atoms with Crippen molar-refractivity contribution in [1.82, 2.24) is 19.4 Å². The first-order valence-electron chi connectivity index (χ1n) is 15.1. The molecule has 2 aliphatic rings. The van der Waals surface area contributed by atoms with Crippen LogP contribution in [0.15, 0.2) is 36.8 Å². The van der Waals surface area contributed by atoms with E-state index in [4.69, 9.17) is 24.3 Å². The highest BCUT2D eigenvalue weighted by molar-refractivity contribution is 6.01. The van der Waals surface area contributed by atoms with Gasteiger partial charge in [0.15, 0.2) is 5.65 Å². The molecule has 2 aromatic heterocycles. The Kier molecular flexibility index (Phi) is 11.8. The quantitative estimate of drug-likeness (QED) is 0.331. The first-order valence-corrected chi connectivity index (χ1v) is 15.1. The number of aromatic nitrogens is 3. The topological polar surface area (TPSA) is 212 Å². The van der Waals surface area contributed by atoms with Gasteiger partial charge in [0, 0.05) is 33.4 Å². The monoisotopic (exact) mass is 705 g/mol.